The molecule has 2 rings (SSSR count). The Kier molecular flexibility index (Phi) is 3.76. The fourth-order valence-corrected chi connectivity index (χ4v) is 1.92. The van der Waals surface area contributed by atoms with E-state index in [1.54, 1.807) is 0 Å². The Morgan fingerprint density at radius 3 is 2.00 bits per heavy atom. The highest BCUT2D eigenvalue weighted by Crippen LogP contribution is 2.38. The van der Waals surface area contributed by atoms with Crippen molar-refractivity contribution in [3.63, 3.8) is 0 Å². The zero-order valence-electron chi connectivity index (χ0n) is 10.0. The van der Waals surface area contributed by atoms with Gasteiger partial charge in [0.05, 0.1) is 17.7 Å². The minimum absolute atomic E-state index is 0.0479. The van der Waals surface area contributed by atoms with E-state index in [9.17, 15) is 22.0 Å². The van der Waals surface area contributed by atoms with Gasteiger partial charge in [-0.3, -0.25) is 0 Å². The molecule has 0 amide bonds. The minimum Gasteiger partial charge on any atom is -0.392 e. The summed E-state index contributed by atoms with van der Waals surface area (Å²) in [5, 5.41) is 8.82. The Morgan fingerprint density at radius 1 is 0.950 bits per heavy atom. The first-order chi connectivity index (χ1) is 9.34. The third-order valence-electron chi connectivity index (χ3n) is 2.79. The van der Waals surface area contributed by atoms with Gasteiger partial charge in [-0.1, -0.05) is 18.2 Å². The number of hydrogen-bond acceptors (Lipinski definition) is 1. The topological polar surface area (TPSA) is 20.2 Å². The molecule has 106 valence electrons. The lowest BCUT2D eigenvalue weighted by Crippen LogP contribution is -2.08. The molecule has 0 aromatic heterocycles. The Bertz CT molecular complexity index is 611. The van der Waals surface area contributed by atoms with Gasteiger partial charge in [-0.25, -0.2) is 8.78 Å². The molecule has 0 unspecified atom stereocenters. The molecule has 0 saturated carbocycles. The lowest BCUT2D eigenvalue weighted by atomic mass is 9.97. The molecule has 0 saturated heterocycles. The standard InChI is InChI=1S/C14H9F5O/c15-11-5-8(7-20)6-12(16)13(11)9-3-1-2-4-10(9)14(17,18)19/h1-6,20H,7H2. The normalized spacial score (nSPS) is 11.7. The number of aliphatic hydroxyl groups excluding tert-OH is 1. The maximum absolute atomic E-state index is 13.8. The van der Waals surface area contributed by atoms with Gasteiger partial charge in [-0.05, 0) is 29.3 Å². The zero-order chi connectivity index (χ0) is 14.9. The van der Waals surface area contributed by atoms with Crippen molar-refractivity contribution in [1.82, 2.24) is 0 Å². The monoisotopic (exact) mass is 288 g/mol. The van der Waals surface area contributed by atoms with Gasteiger partial charge in [-0.15, -0.1) is 0 Å². The number of benzene rings is 2. The van der Waals surface area contributed by atoms with E-state index < -0.39 is 41.1 Å². The van der Waals surface area contributed by atoms with E-state index in [-0.39, 0.29) is 5.56 Å². The number of alkyl halides is 3. The second kappa shape index (κ2) is 5.20. The lowest BCUT2D eigenvalue weighted by Gasteiger charge is -2.14. The van der Waals surface area contributed by atoms with Crippen LogP contribution in [0.25, 0.3) is 11.1 Å². The van der Waals surface area contributed by atoms with Crippen molar-refractivity contribution in [1.29, 1.82) is 0 Å². The maximum Gasteiger partial charge on any atom is 0.417 e. The highest BCUT2D eigenvalue weighted by molar-refractivity contribution is 5.69. The molecule has 2 aromatic carbocycles. The highest BCUT2D eigenvalue weighted by Gasteiger charge is 2.34. The van der Waals surface area contributed by atoms with Crippen molar-refractivity contribution >= 4 is 0 Å². The van der Waals surface area contributed by atoms with E-state index >= 15 is 0 Å². The van der Waals surface area contributed by atoms with Gasteiger partial charge in [0.1, 0.15) is 11.6 Å². The number of halogens is 5. The summed E-state index contributed by atoms with van der Waals surface area (Å²) in [6.07, 6.45) is -4.72. The molecular weight excluding hydrogens is 279 g/mol. The second-order valence-electron chi connectivity index (χ2n) is 4.14. The van der Waals surface area contributed by atoms with E-state index in [0.717, 1.165) is 30.3 Å². The van der Waals surface area contributed by atoms with E-state index in [0.29, 0.717) is 0 Å². The number of rotatable bonds is 2. The zero-order valence-corrected chi connectivity index (χ0v) is 10.0. The first kappa shape index (κ1) is 14.5. The summed E-state index contributed by atoms with van der Waals surface area (Å²) in [4.78, 5) is 0. The Morgan fingerprint density at radius 2 is 1.50 bits per heavy atom. The molecule has 0 aliphatic carbocycles. The summed E-state index contributed by atoms with van der Waals surface area (Å²) in [7, 11) is 0. The van der Waals surface area contributed by atoms with E-state index in [4.69, 9.17) is 5.11 Å². The summed E-state index contributed by atoms with van der Waals surface area (Å²) < 4.78 is 66.2. The van der Waals surface area contributed by atoms with Gasteiger partial charge < -0.3 is 5.11 Å². The SMILES string of the molecule is OCc1cc(F)c(-c2ccccc2C(F)(F)F)c(F)c1. The van der Waals surface area contributed by atoms with Crippen molar-refractivity contribution in [2.75, 3.05) is 0 Å². The van der Waals surface area contributed by atoms with Gasteiger partial charge in [0.25, 0.3) is 0 Å². The molecule has 1 N–H and O–H groups in total. The number of hydrogen-bond donors (Lipinski definition) is 1. The molecule has 1 nitrogen and oxygen atoms in total. The van der Waals surface area contributed by atoms with Gasteiger partial charge in [0.2, 0.25) is 0 Å². The third kappa shape index (κ3) is 2.65. The second-order valence-corrected chi connectivity index (χ2v) is 4.14. The summed E-state index contributed by atoms with van der Waals surface area (Å²) in [5.74, 6) is -2.29. The van der Waals surface area contributed by atoms with Gasteiger partial charge in [0.15, 0.2) is 0 Å². The molecule has 0 fully saturated rings. The first-order valence-electron chi connectivity index (χ1n) is 5.60. The van der Waals surface area contributed by atoms with Crippen molar-refractivity contribution in [2.24, 2.45) is 0 Å². The van der Waals surface area contributed by atoms with Crippen molar-refractivity contribution in [3.8, 4) is 11.1 Å². The molecule has 20 heavy (non-hydrogen) atoms. The van der Waals surface area contributed by atoms with Crippen LogP contribution >= 0.6 is 0 Å². The predicted octanol–water partition coefficient (Wildman–Crippen LogP) is 4.14. The average Bonchev–Trinajstić information content (AvgIpc) is 2.37. The Labute approximate surface area is 111 Å². The van der Waals surface area contributed by atoms with Crippen LogP contribution in [0, 0.1) is 11.6 Å². The van der Waals surface area contributed by atoms with E-state index in [2.05, 4.69) is 0 Å². The van der Waals surface area contributed by atoms with Crippen LogP contribution in [0.1, 0.15) is 11.1 Å². The largest absolute Gasteiger partial charge is 0.417 e. The van der Waals surface area contributed by atoms with E-state index in [1.165, 1.54) is 6.07 Å². The minimum atomic E-state index is -4.72. The van der Waals surface area contributed by atoms with E-state index in [1.807, 2.05) is 0 Å². The van der Waals surface area contributed by atoms with Crippen LogP contribution in [-0.2, 0) is 12.8 Å². The quantitative estimate of drug-likeness (QED) is 0.823. The molecule has 0 radical (unpaired) electrons. The molecule has 0 aliphatic rings. The summed E-state index contributed by atoms with van der Waals surface area (Å²) >= 11 is 0. The molecule has 0 heterocycles. The summed E-state index contributed by atoms with van der Waals surface area (Å²) in [5.41, 5.74) is -2.49. The van der Waals surface area contributed by atoms with Crippen molar-refractivity contribution in [2.45, 2.75) is 12.8 Å². The molecule has 0 spiro atoms. The average molecular weight is 288 g/mol. The van der Waals surface area contributed by atoms with Crippen LogP contribution in [-0.4, -0.2) is 5.11 Å². The molecule has 0 aliphatic heterocycles. The van der Waals surface area contributed by atoms with Crippen molar-refractivity contribution in [3.05, 3.63) is 59.2 Å². The fourth-order valence-electron chi connectivity index (χ4n) is 1.92. The number of aliphatic hydroxyl groups is 1. The maximum atomic E-state index is 13.8. The first-order valence-corrected chi connectivity index (χ1v) is 5.60. The van der Waals surface area contributed by atoms with Crippen LogP contribution in [0.15, 0.2) is 36.4 Å². The van der Waals surface area contributed by atoms with Crippen LogP contribution in [0.2, 0.25) is 0 Å². The summed E-state index contributed by atoms with van der Waals surface area (Å²) in [6.45, 7) is -0.602. The van der Waals surface area contributed by atoms with Crippen LogP contribution in [0.3, 0.4) is 0 Å². The Balaban J connectivity index is 2.70. The smallest absolute Gasteiger partial charge is 0.392 e. The third-order valence-corrected chi connectivity index (χ3v) is 2.79. The molecule has 0 bridgehead atoms. The van der Waals surface area contributed by atoms with Gasteiger partial charge in [0, 0.05) is 0 Å². The summed E-state index contributed by atoms with van der Waals surface area (Å²) in [6, 6.07) is 5.79. The lowest BCUT2D eigenvalue weighted by molar-refractivity contribution is -0.137. The molecule has 2 aromatic rings. The molecule has 6 heteroatoms. The van der Waals surface area contributed by atoms with Crippen LogP contribution in [0.5, 0.6) is 0 Å². The molecule has 0 atom stereocenters. The van der Waals surface area contributed by atoms with Gasteiger partial charge >= 0.3 is 6.18 Å². The molecular formula is C14H9F5O. The van der Waals surface area contributed by atoms with Crippen LogP contribution in [0.4, 0.5) is 22.0 Å². The Hall–Kier alpha value is -1.95. The van der Waals surface area contributed by atoms with Gasteiger partial charge in [-0.2, -0.15) is 13.2 Å². The fraction of sp³-hybridized carbons (Fsp3) is 0.143. The van der Waals surface area contributed by atoms with Crippen LogP contribution < -0.4 is 0 Å². The predicted molar refractivity (Wildman–Crippen MR) is 62.7 cm³/mol. The highest BCUT2D eigenvalue weighted by atomic mass is 19.4. The van der Waals surface area contributed by atoms with Crippen molar-refractivity contribution < 1.29 is 27.1 Å².